The van der Waals surface area contributed by atoms with Crippen LogP contribution >= 0.6 is 24.4 Å². The molecule has 0 heterocycles. The first-order valence-electron chi connectivity index (χ1n) is 3.52. The van der Waals surface area contributed by atoms with E-state index in [9.17, 15) is 0 Å². The number of unbranched alkanes of at least 4 members (excludes halogenated alkanes) is 1. The molecule has 0 bridgehead atoms. The normalized spacial score (nSPS) is 7.71. The average Bonchev–Trinajstić information content (AvgIpc) is 1.95. The second kappa shape index (κ2) is 15.2. The molecule has 0 aromatic heterocycles. The molecule has 2 N–H and O–H groups in total. The van der Waals surface area contributed by atoms with Gasteiger partial charge in [0.05, 0.1) is 0 Å². The smallest absolute Gasteiger partial charge is 0.412 e. The Hall–Kier alpha value is 2.22. The van der Waals surface area contributed by atoms with Crippen molar-refractivity contribution in [2.45, 2.75) is 12.8 Å². The van der Waals surface area contributed by atoms with Gasteiger partial charge >= 0.3 is 59.1 Å². The fourth-order valence-electron chi connectivity index (χ4n) is 0.631. The Morgan fingerprint density at radius 1 is 0.857 bits per heavy atom. The van der Waals surface area contributed by atoms with Crippen LogP contribution in [0.4, 0.5) is 0 Å². The number of rotatable bonds is 5. The first-order chi connectivity index (χ1) is 5.63. The van der Waals surface area contributed by atoms with Crippen LogP contribution in [-0.4, -0.2) is 21.7 Å². The first-order valence-corrected chi connectivity index (χ1v) is 5.16. The average molecular weight is 284 g/mol. The van der Waals surface area contributed by atoms with Gasteiger partial charge in [0.2, 0.25) is 0 Å². The maximum Gasteiger partial charge on any atom is 1.00 e. The molecule has 0 rings (SSSR count). The van der Waals surface area contributed by atoms with Crippen LogP contribution in [0.25, 0.3) is 0 Å². The molecule has 70 valence electrons. The van der Waals surface area contributed by atoms with Gasteiger partial charge < -0.3 is 60.3 Å². The molecule has 0 spiro atoms. The van der Waals surface area contributed by atoms with E-state index in [0.717, 1.165) is 25.9 Å². The van der Waals surface area contributed by atoms with Crippen molar-refractivity contribution in [2.75, 3.05) is 13.1 Å². The standard InChI is InChI=1S/C6H12N2S4.2Na/c9-5(10)7-3-1-2-4-8-6(11)12;;/h1-4H2,(H2,7,9,10)(H2,8,11,12);;/q;2*+1/p-2. The van der Waals surface area contributed by atoms with Crippen LogP contribution in [0.3, 0.4) is 0 Å². The van der Waals surface area contributed by atoms with Gasteiger partial charge in [0.25, 0.3) is 0 Å². The topological polar surface area (TPSA) is 24.1 Å². The fraction of sp³-hybridized carbons (Fsp3) is 0.667. The fourth-order valence-corrected chi connectivity index (χ4v) is 1.04. The summed E-state index contributed by atoms with van der Waals surface area (Å²) in [5.74, 6) is 0. The molecule has 8 heteroatoms. The van der Waals surface area contributed by atoms with Crippen LogP contribution in [0.2, 0.25) is 0 Å². The van der Waals surface area contributed by atoms with Crippen molar-refractivity contribution in [3.63, 3.8) is 0 Å². The monoisotopic (exact) mass is 284 g/mol. The molecule has 0 unspecified atom stereocenters. The molecule has 0 aromatic carbocycles. The van der Waals surface area contributed by atoms with Gasteiger partial charge in [-0.1, -0.05) is 8.64 Å². The molecule has 0 aromatic rings. The summed E-state index contributed by atoms with van der Waals surface area (Å²) in [4.78, 5) is 0. The van der Waals surface area contributed by atoms with Crippen LogP contribution in [0.5, 0.6) is 0 Å². The zero-order valence-corrected chi connectivity index (χ0v) is 15.7. The molecular formula is C6H10N2Na2S4. The molecule has 0 saturated heterocycles. The van der Waals surface area contributed by atoms with E-state index in [0.29, 0.717) is 8.64 Å². The summed E-state index contributed by atoms with van der Waals surface area (Å²) in [5.41, 5.74) is 0. The van der Waals surface area contributed by atoms with Gasteiger partial charge in [-0.25, -0.2) is 0 Å². The van der Waals surface area contributed by atoms with Crippen LogP contribution in [0.15, 0.2) is 0 Å². The summed E-state index contributed by atoms with van der Waals surface area (Å²) < 4.78 is 0.864. The molecule has 0 saturated carbocycles. The van der Waals surface area contributed by atoms with Crippen molar-refractivity contribution in [3.05, 3.63) is 0 Å². The number of hydrogen-bond donors (Lipinski definition) is 2. The summed E-state index contributed by atoms with van der Waals surface area (Å²) in [6.07, 6.45) is 2.03. The maximum atomic E-state index is 4.67. The van der Waals surface area contributed by atoms with Gasteiger partial charge in [-0.2, -0.15) is 0 Å². The quantitative estimate of drug-likeness (QED) is 0.226. The van der Waals surface area contributed by atoms with Gasteiger partial charge in [-0.05, 0) is 12.8 Å². The molecule has 0 atom stereocenters. The van der Waals surface area contributed by atoms with E-state index in [2.05, 4.69) is 60.3 Å². The Balaban J connectivity index is -0.000000605. The van der Waals surface area contributed by atoms with E-state index in [-0.39, 0.29) is 59.1 Å². The van der Waals surface area contributed by atoms with Crippen molar-refractivity contribution in [1.29, 1.82) is 0 Å². The van der Waals surface area contributed by atoms with Gasteiger partial charge in [0, 0.05) is 13.1 Å². The van der Waals surface area contributed by atoms with Gasteiger partial charge in [-0.15, -0.1) is 0 Å². The predicted octanol–water partition coefficient (Wildman–Crippen LogP) is -5.38. The summed E-state index contributed by atoms with van der Waals surface area (Å²) in [6.45, 7) is 1.66. The summed E-state index contributed by atoms with van der Waals surface area (Å²) in [5, 5.41) is 5.79. The molecule has 0 aliphatic rings. The Morgan fingerprint density at radius 3 is 1.36 bits per heavy atom. The van der Waals surface area contributed by atoms with E-state index in [1.54, 1.807) is 0 Å². The van der Waals surface area contributed by atoms with Crippen molar-refractivity contribution in [2.24, 2.45) is 0 Å². The minimum atomic E-state index is 0. The Labute approximate surface area is 152 Å². The van der Waals surface area contributed by atoms with Crippen LogP contribution in [0, 0.1) is 0 Å². The first kappa shape index (κ1) is 21.5. The summed E-state index contributed by atoms with van der Waals surface area (Å²) >= 11 is 18.7. The van der Waals surface area contributed by atoms with Gasteiger partial charge in [0.15, 0.2) is 0 Å². The zero-order valence-electron chi connectivity index (χ0n) is 8.46. The molecular weight excluding hydrogens is 274 g/mol. The maximum absolute atomic E-state index is 4.67. The van der Waals surface area contributed by atoms with E-state index in [4.69, 9.17) is 0 Å². The number of nitrogens with one attached hydrogen (secondary N) is 2. The third kappa shape index (κ3) is 19.7. The second-order valence-corrected chi connectivity index (χ2v) is 4.29. The van der Waals surface area contributed by atoms with Crippen molar-refractivity contribution >= 4 is 58.3 Å². The molecule has 0 aliphatic heterocycles. The predicted molar refractivity (Wildman–Crippen MR) is 65.2 cm³/mol. The Kier molecular flexibility index (Phi) is 23.4. The minimum absolute atomic E-state index is 0. The van der Waals surface area contributed by atoms with Gasteiger partial charge in [0.1, 0.15) is 0 Å². The molecule has 0 aliphatic carbocycles. The SMILES string of the molecule is S=C([S-])NCCCCNC(=S)[S-].[Na+].[Na+]. The minimum Gasteiger partial charge on any atom is -0.412 e. The van der Waals surface area contributed by atoms with Gasteiger partial charge in [-0.3, -0.25) is 0 Å². The zero-order chi connectivity index (χ0) is 9.40. The Bertz CT molecular complexity index is 150. The van der Waals surface area contributed by atoms with Crippen LogP contribution < -0.4 is 69.7 Å². The number of hydrogen-bond acceptors (Lipinski definition) is 4. The van der Waals surface area contributed by atoms with E-state index in [1.165, 1.54) is 0 Å². The molecule has 14 heavy (non-hydrogen) atoms. The van der Waals surface area contributed by atoms with E-state index >= 15 is 0 Å². The van der Waals surface area contributed by atoms with E-state index < -0.39 is 0 Å². The van der Waals surface area contributed by atoms with E-state index in [1.807, 2.05) is 0 Å². The number of thiocarbonyl (C=S) groups is 2. The summed E-state index contributed by atoms with van der Waals surface area (Å²) in [6, 6.07) is 0. The van der Waals surface area contributed by atoms with Crippen molar-refractivity contribution < 1.29 is 59.1 Å². The van der Waals surface area contributed by atoms with Crippen molar-refractivity contribution in [1.82, 2.24) is 10.6 Å². The second-order valence-electron chi connectivity index (χ2n) is 2.14. The molecule has 0 radical (unpaired) electrons. The van der Waals surface area contributed by atoms with Crippen LogP contribution in [-0.2, 0) is 25.3 Å². The molecule has 2 nitrogen and oxygen atoms in total. The largest absolute Gasteiger partial charge is 1.00 e. The summed E-state index contributed by atoms with van der Waals surface area (Å²) in [7, 11) is 0. The van der Waals surface area contributed by atoms with Crippen molar-refractivity contribution in [3.8, 4) is 0 Å². The molecule has 0 amide bonds. The van der Waals surface area contributed by atoms with Crippen LogP contribution in [0.1, 0.15) is 12.8 Å². The third-order valence-electron chi connectivity index (χ3n) is 1.14. The third-order valence-corrected chi connectivity index (χ3v) is 1.72. The Morgan fingerprint density at radius 2 is 1.14 bits per heavy atom. The molecule has 0 fully saturated rings.